The van der Waals surface area contributed by atoms with Gasteiger partial charge in [-0.1, -0.05) is 6.42 Å². The van der Waals surface area contributed by atoms with Crippen molar-refractivity contribution in [1.82, 2.24) is 10.4 Å². The standard InChI is InChI=1S/C12H24N2O2/c1-9(2)16-8-12(15)13-14-10(3)6-5-7-11(14)4/h9-11H,5-8H2,1-4H3,(H,13,15). The number of amides is 1. The third-order valence-corrected chi connectivity index (χ3v) is 3.00. The van der Waals surface area contributed by atoms with E-state index in [0.29, 0.717) is 12.1 Å². The van der Waals surface area contributed by atoms with Crippen molar-refractivity contribution in [2.75, 3.05) is 6.61 Å². The number of hydrazine groups is 1. The molecule has 0 aromatic carbocycles. The zero-order chi connectivity index (χ0) is 12.1. The Hall–Kier alpha value is -0.610. The van der Waals surface area contributed by atoms with E-state index in [2.05, 4.69) is 24.3 Å². The average molecular weight is 228 g/mol. The lowest BCUT2D eigenvalue weighted by molar-refractivity contribution is -0.135. The lowest BCUT2D eigenvalue weighted by Gasteiger charge is -2.38. The molecule has 0 saturated carbocycles. The zero-order valence-electron chi connectivity index (χ0n) is 10.8. The van der Waals surface area contributed by atoms with Gasteiger partial charge in [0.25, 0.3) is 5.91 Å². The molecule has 0 aromatic rings. The normalized spacial score (nSPS) is 27.1. The summed E-state index contributed by atoms with van der Waals surface area (Å²) >= 11 is 0. The van der Waals surface area contributed by atoms with Gasteiger partial charge in [-0.3, -0.25) is 10.2 Å². The Kier molecular flexibility index (Phi) is 5.22. The number of rotatable bonds is 4. The number of hydrogen-bond acceptors (Lipinski definition) is 3. The van der Waals surface area contributed by atoms with Crippen LogP contribution in [0, 0.1) is 0 Å². The molecule has 1 aliphatic rings. The Bertz CT molecular complexity index is 221. The minimum absolute atomic E-state index is 0.0469. The van der Waals surface area contributed by atoms with Crippen molar-refractivity contribution in [3.05, 3.63) is 0 Å². The first-order chi connectivity index (χ1) is 7.50. The van der Waals surface area contributed by atoms with Crippen molar-refractivity contribution in [3.8, 4) is 0 Å². The van der Waals surface area contributed by atoms with Crippen LogP contribution in [-0.2, 0) is 9.53 Å². The molecule has 2 unspecified atom stereocenters. The zero-order valence-corrected chi connectivity index (χ0v) is 10.8. The van der Waals surface area contributed by atoms with Crippen LogP contribution in [-0.4, -0.2) is 35.7 Å². The van der Waals surface area contributed by atoms with Gasteiger partial charge in [-0.2, -0.15) is 0 Å². The molecule has 16 heavy (non-hydrogen) atoms. The van der Waals surface area contributed by atoms with E-state index < -0.39 is 0 Å². The molecule has 1 N–H and O–H groups in total. The number of nitrogens with zero attached hydrogens (tertiary/aromatic N) is 1. The molecule has 94 valence electrons. The Morgan fingerprint density at radius 3 is 2.44 bits per heavy atom. The van der Waals surface area contributed by atoms with Crippen LogP contribution in [0.2, 0.25) is 0 Å². The summed E-state index contributed by atoms with van der Waals surface area (Å²) in [5.74, 6) is -0.0469. The van der Waals surface area contributed by atoms with Crippen LogP contribution in [0.5, 0.6) is 0 Å². The topological polar surface area (TPSA) is 41.6 Å². The second-order valence-electron chi connectivity index (χ2n) is 4.93. The van der Waals surface area contributed by atoms with Gasteiger partial charge in [0, 0.05) is 12.1 Å². The van der Waals surface area contributed by atoms with E-state index in [1.54, 1.807) is 0 Å². The molecule has 1 aliphatic heterocycles. The molecule has 4 nitrogen and oxygen atoms in total. The van der Waals surface area contributed by atoms with E-state index in [0.717, 1.165) is 12.8 Å². The second-order valence-corrected chi connectivity index (χ2v) is 4.93. The van der Waals surface area contributed by atoms with Crippen molar-refractivity contribution in [2.24, 2.45) is 0 Å². The van der Waals surface area contributed by atoms with Gasteiger partial charge in [0.1, 0.15) is 6.61 Å². The van der Waals surface area contributed by atoms with Crippen LogP contribution in [0.3, 0.4) is 0 Å². The van der Waals surface area contributed by atoms with Crippen molar-refractivity contribution in [1.29, 1.82) is 0 Å². The van der Waals surface area contributed by atoms with E-state index in [1.165, 1.54) is 6.42 Å². The molecule has 0 spiro atoms. The first kappa shape index (κ1) is 13.5. The molecule has 1 amide bonds. The third-order valence-electron chi connectivity index (χ3n) is 3.00. The third kappa shape index (κ3) is 4.10. The van der Waals surface area contributed by atoms with E-state index >= 15 is 0 Å². The fourth-order valence-electron chi connectivity index (χ4n) is 2.06. The molecular formula is C12H24N2O2. The van der Waals surface area contributed by atoms with Gasteiger partial charge in [-0.05, 0) is 40.5 Å². The maximum absolute atomic E-state index is 11.6. The molecule has 0 radical (unpaired) electrons. The van der Waals surface area contributed by atoms with Crippen LogP contribution >= 0.6 is 0 Å². The van der Waals surface area contributed by atoms with Gasteiger partial charge < -0.3 is 4.74 Å². The second kappa shape index (κ2) is 6.21. The fraction of sp³-hybridized carbons (Fsp3) is 0.917. The van der Waals surface area contributed by atoms with Gasteiger partial charge in [0.05, 0.1) is 6.10 Å². The highest BCUT2D eigenvalue weighted by Gasteiger charge is 2.25. The molecule has 1 rings (SSSR count). The molecule has 0 aliphatic carbocycles. The van der Waals surface area contributed by atoms with Gasteiger partial charge in [0.15, 0.2) is 0 Å². The molecule has 0 bridgehead atoms. The lowest BCUT2D eigenvalue weighted by atomic mass is 10.00. The van der Waals surface area contributed by atoms with Crippen molar-refractivity contribution in [2.45, 2.75) is 65.1 Å². The largest absolute Gasteiger partial charge is 0.369 e. The lowest BCUT2D eigenvalue weighted by Crippen LogP contribution is -2.54. The van der Waals surface area contributed by atoms with Gasteiger partial charge in [-0.25, -0.2) is 5.01 Å². The van der Waals surface area contributed by atoms with E-state index in [4.69, 9.17) is 4.74 Å². The Morgan fingerprint density at radius 2 is 1.94 bits per heavy atom. The number of ether oxygens (including phenoxy) is 1. The van der Waals surface area contributed by atoms with Crippen molar-refractivity contribution in [3.63, 3.8) is 0 Å². The number of nitrogens with one attached hydrogen (secondary N) is 1. The molecule has 4 heteroatoms. The number of carbonyl (C=O) groups excluding carboxylic acids is 1. The van der Waals surface area contributed by atoms with Crippen LogP contribution in [0.15, 0.2) is 0 Å². The van der Waals surface area contributed by atoms with E-state index in [-0.39, 0.29) is 18.6 Å². The minimum atomic E-state index is -0.0469. The predicted octanol–water partition coefficient (Wildman–Crippen LogP) is 1.71. The maximum Gasteiger partial charge on any atom is 0.260 e. The van der Waals surface area contributed by atoms with Gasteiger partial charge >= 0.3 is 0 Å². The summed E-state index contributed by atoms with van der Waals surface area (Å²) in [7, 11) is 0. The SMILES string of the molecule is CC(C)OCC(=O)NN1C(C)CCCC1C. The Morgan fingerprint density at radius 1 is 1.38 bits per heavy atom. The molecule has 1 saturated heterocycles. The van der Waals surface area contributed by atoms with Crippen LogP contribution in [0.1, 0.15) is 47.0 Å². The quantitative estimate of drug-likeness (QED) is 0.796. The molecule has 2 atom stereocenters. The first-order valence-electron chi connectivity index (χ1n) is 6.20. The summed E-state index contributed by atoms with van der Waals surface area (Å²) < 4.78 is 5.28. The predicted molar refractivity (Wildman–Crippen MR) is 63.8 cm³/mol. The molecule has 0 aromatic heterocycles. The number of hydrogen-bond donors (Lipinski definition) is 1. The molecular weight excluding hydrogens is 204 g/mol. The number of piperidine rings is 1. The van der Waals surface area contributed by atoms with Crippen LogP contribution in [0.4, 0.5) is 0 Å². The Balaban J connectivity index is 2.36. The molecule has 1 heterocycles. The summed E-state index contributed by atoms with van der Waals surface area (Å²) in [5.41, 5.74) is 2.94. The highest BCUT2D eigenvalue weighted by molar-refractivity contribution is 5.76. The summed E-state index contributed by atoms with van der Waals surface area (Å²) in [5, 5.41) is 2.06. The summed E-state index contributed by atoms with van der Waals surface area (Å²) in [6, 6.07) is 0.846. The first-order valence-corrected chi connectivity index (χ1v) is 6.20. The maximum atomic E-state index is 11.6. The highest BCUT2D eigenvalue weighted by atomic mass is 16.5. The van der Waals surface area contributed by atoms with Gasteiger partial charge in [0.2, 0.25) is 0 Å². The van der Waals surface area contributed by atoms with Gasteiger partial charge in [-0.15, -0.1) is 0 Å². The summed E-state index contributed by atoms with van der Waals surface area (Å²) in [4.78, 5) is 11.6. The summed E-state index contributed by atoms with van der Waals surface area (Å²) in [6.07, 6.45) is 3.64. The Labute approximate surface area is 98.3 Å². The van der Waals surface area contributed by atoms with E-state index in [9.17, 15) is 4.79 Å². The van der Waals surface area contributed by atoms with Crippen LogP contribution in [0.25, 0.3) is 0 Å². The monoisotopic (exact) mass is 228 g/mol. The number of carbonyl (C=O) groups is 1. The fourth-order valence-corrected chi connectivity index (χ4v) is 2.06. The van der Waals surface area contributed by atoms with E-state index in [1.807, 2.05) is 13.8 Å². The highest BCUT2D eigenvalue weighted by Crippen LogP contribution is 2.19. The van der Waals surface area contributed by atoms with Crippen LogP contribution < -0.4 is 5.43 Å². The minimum Gasteiger partial charge on any atom is -0.369 e. The van der Waals surface area contributed by atoms with Crippen molar-refractivity contribution >= 4 is 5.91 Å². The summed E-state index contributed by atoms with van der Waals surface area (Å²) in [6.45, 7) is 8.31. The van der Waals surface area contributed by atoms with Crippen molar-refractivity contribution < 1.29 is 9.53 Å². The average Bonchev–Trinajstić information content (AvgIpc) is 2.21. The smallest absolute Gasteiger partial charge is 0.260 e. The molecule has 1 fully saturated rings.